The van der Waals surface area contributed by atoms with Gasteiger partial charge in [-0.3, -0.25) is 0 Å². The van der Waals surface area contributed by atoms with Crippen LogP contribution in [0.25, 0.3) is 0 Å². The van der Waals surface area contributed by atoms with E-state index in [0.29, 0.717) is 0 Å². The van der Waals surface area contributed by atoms with E-state index < -0.39 is 0 Å². The van der Waals surface area contributed by atoms with Crippen molar-refractivity contribution < 1.29 is 0 Å². The average molecular weight is 192 g/mol. The average Bonchev–Trinajstić information content (AvgIpc) is 2.47. The highest BCUT2D eigenvalue weighted by molar-refractivity contribution is 5.59. The first-order valence-corrected chi connectivity index (χ1v) is 5.23. The van der Waals surface area contributed by atoms with Crippen molar-refractivity contribution >= 4 is 0 Å². The van der Waals surface area contributed by atoms with Crippen LogP contribution in [0.2, 0.25) is 0 Å². The Kier molecular flexibility index (Phi) is 1.75. The number of hydrogen-bond donors (Lipinski definition) is 0. The maximum absolute atomic E-state index is 2.26. The maximum atomic E-state index is 2.26. The third-order valence-electron chi connectivity index (χ3n) is 3.11. The summed E-state index contributed by atoms with van der Waals surface area (Å²) in [4.78, 5) is 0. The van der Waals surface area contributed by atoms with E-state index >= 15 is 0 Å². The molecular weight excluding hydrogens is 180 g/mol. The van der Waals surface area contributed by atoms with Crippen molar-refractivity contribution in [2.45, 2.75) is 0 Å². The Morgan fingerprint density at radius 2 is 1.13 bits per heavy atom. The molecule has 1 spiro atoms. The maximum Gasteiger partial charge on any atom is 0.0568 e. The second-order valence-corrected chi connectivity index (χ2v) is 3.93. The fraction of sp³-hybridized carbons (Fsp3) is 0.0667. The minimum absolute atomic E-state index is 0.0208. The fourth-order valence-corrected chi connectivity index (χ4v) is 2.32. The van der Waals surface area contributed by atoms with Crippen molar-refractivity contribution in [1.29, 1.82) is 0 Å². The monoisotopic (exact) mass is 192 g/mol. The molecule has 15 heavy (non-hydrogen) atoms. The largest absolute Gasteiger partial charge is 0.0658 e. The van der Waals surface area contributed by atoms with Crippen LogP contribution in [0.4, 0.5) is 0 Å². The van der Waals surface area contributed by atoms with Gasteiger partial charge in [0.2, 0.25) is 0 Å². The van der Waals surface area contributed by atoms with Gasteiger partial charge in [-0.05, 0) is 11.1 Å². The molecule has 0 aromatic heterocycles. The van der Waals surface area contributed by atoms with Gasteiger partial charge in [-0.1, -0.05) is 72.9 Å². The molecule has 0 heterocycles. The van der Waals surface area contributed by atoms with E-state index in [0.717, 1.165) is 0 Å². The van der Waals surface area contributed by atoms with Gasteiger partial charge >= 0.3 is 0 Å². The molecule has 0 heteroatoms. The second-order valence-electron chi connectivity index (χ2n) is 3.93. The molecule has 0 saturated heterocycles. The van der Waals surface area contributed by atoms with Crippen LogP contribution in [0.3, 0.4) is 0 Å². The van der Waals surface area contributed by atoms with Gasteiger partial charge in [-0.15, -0.1) is 0 Å². The summed E-state index contributed by atoms with van der Waals surface area (Å²) in [7, 11) is 0. The summed E-state index contributed by atoms with van der Waals surface area (Å²) >= 11 is 0. The van der Waals surface area contributed by atoms with Gasteiger partial charge in [0.1, 0.15) is 0 Å². The Morgan fingerprint density at radius 1 is 0.600 bits per heavy atom. The lowest BCUT2D eigenvalue weighted by molar-refractivity contribution is 0.728. The minimum atomic E-state index is -0.0208. The predicted octanol–water partition coefficient (Wildman–Crippen LogP) is 3.65. The number of allylic oxidation sites excluding steroid dienone is 14. The van der Waals surface area contributed by atoms with Crippen LogP contribution >= 0.6 is 0 Å². The van der Waals surface area contributed by atoms with Crippen LogP contribution in [0.5, 0.6) is 0 Å². The van der Waals surface area contributed by atoms with Crippen LogP contribution in [0.15, 0.2) is 84.1 Å². The van der Waals surface area contributed by atoms with Gasteiger partial charge in [0.25, 0.3) is 0 Å². The van der Waals surface area contributed by atoms with Crippen molar-refractivity contribution in [1.82, 2.24) is 0 Å². The standard InChI is InChI=1S/C15H12/c1-2-8-14-10-4-6-12-15(14)11-5-3-9-13(15)7-1/h1-12H. The number of rotatable bonds is 0. The molecule has 0 saturated carbocycles. The number of hydrogen-bond acceptors (Lipinski definition) is 0. The van der Waals surface area contributed by atoms with E-state index in [4.69, 9.17) is 0 Å². The van der Waals surface area contributed by atoms with Gasteiger partial charge in [-0.2, -0.15) is 0 Å². The Labute approximate surface area is 90.0 Å². The summed E-state index contributed by atoms with van der Waals surface area (Å²) in [5, 5.41) is 0. The zero-order valence-corrected chi connectivity index (χ0v) is 8.43. The molecule has 0 radical (unpaired) electrons. The Balaban J connectivity index is 2.27. The van der Waals surface area contributed by atoms with Crippen molar-refractivity contribution in [2.24, 2.45) is 5.41 Å². The normalized spacial score (nSPS) is 24.0. The zero-order chi connectivity index (χ0) is 10.1. The summed E-state index contributed by atoms with van der Waals surface area (Å²) in [5.74, 6) is 0. The molecule has 0 unspecified atom stereocenters. The summed E-state index contributed by atoms with van der Waals surface area (Å²) in [6, 6.07) is 0. The third-order valence-corrected chi connectivity index (χ3v) is 3.11. The Bertz CT molecular complexity index is 442. The van der Waals surface area contributed by atoms with E-state index in [1.807, 2.05) is 0 Å². The molecule has 0 nitrogen and oxygen atoms in total. The van der Waals surface area contributed by atoms with Crippen LogP contribution in [0, 0.1) is 5.41 Å². The first-order valence-electron chi connectivity index (χ1n) is 5.23. The summed E-state index contributed by atoms with van der Waals surface area (Å²) in [6.45, 7) is 0. The quantitative estimate of drug-likeness (QED) is 0.549. The molecule has 3 aliphatic rings. The van der Waals surface area contributed by atoms with Gasteiger partial charge < -0.3 is 0 Å². The van der Waals surface area contributed by atoms with Gasteiger partial charge in [-0.25, -0.2) is 0 Å². The molecule has 72 valence electrons. The van der Waals surface area contributed by atoms with Crippen molar-refractivity contribution in [3.05, 3.63) is 84.1 Å². The fourth-order valence-electron chi connectivity index (χ4n) is 2.32. The van der Waals surface area contributed by atoms with E-state index in [9.17, 15) is 0 Å². The lowest BCUT2D eigenvalue weighted by Crippen LogP contribution is -2.22. The van der Waals surface area contributed by atoms with Gasteiger partial charge in [0.15, 0.2) is 0 Å². The summed E-state index contributed by atoms with van der Waals surface area (Å²) < 4.78 is 0. The molecule has 0 fully saturated rings. The molecule has 0 atom stereocenters. The van der Waals surface area contributed by atoms with Gasteiger partial charge in [0, 0.05) is 0 Å². The highest BCUT2D eigenvalue weighted by Gasteiger charge is 2.32. The molecular formula is C15H12. The molecule has 3 rings (SSSR count). The molecule has 0 aliphatic heterocycles. The molecule has 3 aliphatic carbocycles. The Morgan fingerprint density at radius 3 is 1.67 bits per heavy atom. The smallest absolute Gasteiger partial charge is 0.0568 e. The van der Waals surface area contributed by atoms with Gasteiger partial charge in [0.05, 0.1) is 5.41 Å². The molecule has 0 bridgehead atoms. The van der Waals surface area contributed by atoms with Crippen molar-refractivity contribution in [2.75, 3.05) is 0 Å². The molecule has 0 N–H and O–H groups in total. The Hall–Kier alpha value is -1.82. The second kappa shape index (κ2) is 3.09. The van der Waals surface area contributed by atoms with Crippen molar-refractivity contribution in [3.8, 4) is 0 Å². The van der Waals surface area contributed by atoms with E-state index in [2.05, 4.69) is 72.9 Å². The molecule has 0 aromatic carbocycles. The van der Waals surface area contributed by atoms with E-state index in [1.54, 1.807) is 0 Å². The van der Waals surface area contributed by atoms with Crippen LogP contribution in [0.1, 0.15) is 0 Å². The predicted molar refractivity (Wildman–Crippen MR) is 64.3 cm³/mol. The van der Waals surface area contributed by atoms with Crippen LogP contribution in [-0.2, 0) is 0 Å². The topological polar surface area (TPSA) is 0 Å². The minimum Gasteiger partial charge on any atom is -0.0658 e. The summed E-state index contributed by atoms with van der Waals surface area (Å²) in [6.07, 6.45) is 25.9. The van der Waals surface area contributed by atoms with Crippen molar-refractivity contribution in [3.63, 3.8) is 0 Å². The molecule has 0 aromatic rings. The first kappa shape index (κ1) is 8.49. The van der Waals surface area contributed by atoms with Crippen LogP contribution < -0.4 is 0 Å². The van der Waals surface area contributed by atoms with E-state index in [-0.39, 0.29) is 5.41 Å². The highest BCUT2D eigenvalue weighted by atomic mass is 14.3. The summed E-state index contributed by atoms with van der Waals surface area (Å²) in [5.41, 5.74) is 2.66. The zero-order valence-electron chi connectivity index (χ0n) is 8.43. The third kappa shape index (κ3) is 1.15. The SMILES string of the molecule is C1=CC=C2C=CC=CC23C=CC=CC3=C1. The first-order chi connectivity index (χ1) is 7.42. The highest BCUT2D eigenvalue weighted by Crippen LogP contribution is 2.44. The molecule has 0 amide bonds. The van der Waals surface area contributed by atoms with Crippen LogP contribution in [-0.4, -0.2) is 0 Å². The lowest BCUT2D eigenvalue weighted by Gasteiger charge is -2.33. The lowest BCUT2D eigenvalue weighted by atomic mass is 9.70. The van der Waals surface area contributed by atoms with E-state index in [1.165, 1.54) is 11.1 Å².